The fourth-order valence-electron chi connectivity index (χ4n) is 3.29. The monoisotopic (exact) mass is 339 g/mol. The zero-order chi connectivity index (χ0) is 17.7. The molecular weight excluding hydrogens is 314 g/mol. The van der Waals surface area contributed by atoms with E-state index >= 15 is 0 Å². The Morgan fingerprint density at radius 2 is 2.00 bits per heavy atom. The third-order valence-electron chi connectivity index (χ3n) is 4.71. The third-order valence-corrected chi connectivity index (χ3v) is 4.71. The Bertz CT molecular complexity index is 729. The van der Waals surface area contributed by atoms with Crippen LogP contribution in [-0.4, -0.2) is 25.3 Å². The van der Waals surface area contributed by atoms with E-state index in [2.05, 4.69) is 36.5 Å². The van der Waals surface area contributed by atoms with Crippen LogP contribution in [0.25, 0.3) is 0 Å². The van der Waals surface area contributed by atoms with Crippen molar-refractivity contribution in [2.45, 2.75) is 38.3 Å². The molecule has 1 heterocycles. The lowest BCUT2D eigenvalue weighted by molar-refractivity contribution is 0.0294. The number of nitrogens with one attached hydrogen (secondary N) is 1. The van der Waals surface area contributed by atoms with Crippen LogP contribution < -0.4 is 10.1 Å². The molecule has 0 aromatic heterocycles. The van der Waals surface area contributed by atoms with Crippen LogP contribution in [0.1, 0.15) is 41.3 Å². The Hall–Kier alpha value is -2.33. The van der Waals surface area contributed by atoms with E-state index in [-0.39, 0.29) is 5.97 Å². The molecule has 1 atom stereocenters. The van der Waals surface area contributed by atoms with Gasteiger partial charge >= 0.3 is 5.97 Å². The van der Waals surface area contributed by atoms with Gasteiger partial charge in [0.2, 0.25) is 0 Å². The van der Waals surface area contributed by atoms with E-state index in [9.17, 15) is 4.79 Å². The molecule has 132 valence electrons. The van der Waals surface area contributed by atoms with Gasteiger partial charge in [-0.15, -0.1) is 0 Å². The van der Waals surface area contributed by atoms with Crippen molar-refractivity contribution in [2.24, 2.45) is 0 Å². The summed E-state index contributed by atoms with van der Waals surface area (Å²) in [7, 11) is 1.41. The second-order valence-electron chi connectivity index (χ2n) is 6.62. The summed E-state index contributed by atoms with van der Waals surface area (Å²) in [6.07, 6.45) is 3.72. The molecule has 0 bridgehead atoms. The fraction of sp³-hybridized carbons (Fsp3) is 0.381. The first-order valence-corrected chi connectivity index (χ1v) is 8.79. The zero-order valence-corrected chi connectivity index (χ0v) is 14.9. The smallest absolute Gasteiger partial charge is 0.338 e. The molecule has 0 saturated heterocycles. The van der Waals surface area contributed by atoms with Crippen LogP contribution in [0.15, 0.2) is 48.5 Å². The number of carbonyl (C=O) groups is 1. The minimum Gasteiger partial charge on any atom is -0.473 e. The van der Waals surface area contributed by atoms with Crippen LogP contribution in [-0.2, 0) is 17.6 Å². The number of ether oxygens (including phenoxy) is 2. The van der Waals surface area contributed by atoms with Crippen molar-refractivity contribution < 1.29 is 14.3 Å². The van der Waals surface area contributed by atoms with E-state index < -0.39 is 5.72 Å². The van der Waals surface area contributed by atoms with Gasteiger partial charge in [-0.25, -0.2) is 4.79 Å². The van der Waals surface area contributed by atoms with Gasteiger partial charge in [-0.3, -0.25) is 5.32 Å². The molecule has 2 aromatic carbocycles. The number of hydrogen-bond donors (Lipinski definition) is 1. The van der Waals surface area contributed by atoms with Crippen LogP contribution in [0.2, 0.25) is 0 Å². The second kappa shape index (κ2) is 7.70. The molecule has 4 heteroatoms. The molecule has 4 nitrogen and oxygen atoms in total. The highest BCUT2D eigenvalue weighted by molar-refractivity contribution is 5.91. The van der Waals surface area contributed by atoms with E-state index in [0.717, 1.165) is 43.5 Å². The number of aryl methyl sites for hydroxylation is 1. The van der Waals surface area contributed by atoms with Crippen molar-refractivity contribution in [3.63, 3.8) is 0 Å². The van der Waals surface area contributed by atoms with Crippen LogP contribution in [0.5, 0.6) is 5.75 Å². The van der Waals surface area contributed by atoms with Crippen molar-refractivity contribution in [1.29, 1.82) is 0 Å². The lowest BCUT2D eigenvalue weighted by Gasteiger charge is -2.37. The Morgan fingerprint density at radius 1 is 1.20 bits per heavy atom. The minimum atomic E-state index is -0.404. The van der Waals surface area contributed by atoms with Gasteiger partial charge in [0, 0.05) is 12.0 Å². The van der Waals surface area contributed by atoms with Gasteiger partial charge in [-0.2, -0.15) is 0 Å². The number of benzene rings is 2. The maximum atomic E-state index is 11.9. The number of esters is 1. The molecule has 1 aliphatic heterocycles. The van der Waals surface area contributed by atoms with Crippen molar-refractivity contribution in [3.05, 3.63) is 65.2 Å². The predicted octanol–water partition coefficient (Wildman–Crippen LogP) is 3.74. The summed E-state index contributed by atoms with van der Waals surface area (Å²) in [5.74, 6) is 0.465. The summed E-state index contributed by atoms with van der Waals surface area (Å²) in [6, 6.07) is 16.1. The molecule has 0 fully saturated rings. The normalized spacial score (nSPS) is 19.0. The molecule has 1 unspecified atom stereocenters. The van der Waals surface area contributed by atoms with E-state index in [1.807, 2.05) is 18.2 Å². The summed E-state index contributed by atoms with van der Waals surface area (Å²) in [5.41, 5.74) is 2.49. The van der Waals surface area contributed by atoms with Crippen molar-refractivity contribution in [2.75, 3.05) is 13.7 Å². The largest absolute Gasteiger partial charge is 0.473 e. The highest BCUT2D eigenvalue weighted by Gasteiger charge is 2.32. The van der Waals surface area contributed by atoms with Gasteiger partial charge < -0.3 is 9.47 Å². The van der Waals surface area contributed by atoms with Crippen molar-refractivity contribution in [1.82, 2.24) is 5.32 Å². The van der Waals surface area contributed by atoms with Gasteiger partial charge in [0.1, 0.15) is 5.75 Å². The van der Waals surface area contributed by atoms with Gasteiger partial charge in [0.15, 0.2) is 5.72 Å². The SMILES string of the molecule is COC(=O)c1cccc2c1CCC(C)(NCCCc1ccccc1)O2. The minimum absolute atomic E-state index is 0.306. The highest BCUT2D eigenvalue weighted by Crippen LogP contribution is 2.34. The van der Waals surface area contributed by atoms with Gasteiger partial charge in [-0.1, -0.05) is 36.4 Å². The summed E-state index contributed by atoms with van der Waals surface area (Å²) >= 11 is 0. The third kappa shape index (κ3) is 4.20. The summed E-state index contributed by atoms with van der Waals surface area (Å²) in [5, 5.41) is 3.53. The Morgan fingerprint density at radius 3 is 2.76 bits per heavy atom. The number of carbonyl (C=O) groups excluding carboxylic acids is 1. The van der Waals surface area contributed by atoms with Crippen LogP contribution in [0.3, 0.4) is 0 Å². The zero-order valence-electron chi connectivity index (χ0n) is 14.9. The summed E-state index contributed by atoms with van der Waals surface area (Å²) in [6.45, 7) is 2.96. The van der Waals surface area contributed by atoms with E-state index in [4.69, 9.17) is 9.47 Å². The molecule has 0 radical (unpaired) electrons. The summed E-state index contributed by atoms with van der Waals surface area (Å²) in [4.78, 5) is 11.9. The average Bonchev–Trinajstić information content (AvgIpc) is 2.65. The van der Waals surface area contributed by atoms with Crippen LogP contribution in [0, 0.1) is 0 Å². The molecule has 1 aliphatic rings. The maximum Gasteiger partial charge on any atom is 0.338 e. The highest BCUT2D eigenvalue weighted by atomic mass is 16.5. The van der Waals surface area contributed by atoms with Crippen molar-refractivity contribution in [3.8, 4) is 5.75 Å². The number of fused-ring (bicyclic) bond motifs is 1. The van der Waals surface area contributed by atoms with Crippen molar-refractivity contribution >= 4 is 5.97 Å². The molecule has 0 amide bonds. The molecule has 0 aliphatic carbocycles. The van der Waals surface area contributed by atoms with Gasteiger partial charge in [-0.05, 0) is 50.4 Å². The first-order valence-electron chi connectivity index (χ1n) is 8.79. The first kappa shape index (κ1) is 17.5. The molecule has 0 spiro atoms. The Balaban J connectivity index is 1.58. The molecule has 1 N–H and O–H groups in total. The van der Waals surface area contributed by atoms with Crippen LogP contribution in [0.4, 0.5) is 0 Å². The molecule has 2 aromatic rings. The quantitative estimate of drug-likeness (QED) is 0.643. The Kier molecular flexibility index (Phi) is 5.39. The average molecular weight is 339 g/mol. The lowest BCUT2D eigenvalue weighted by Crippen LogP contribution is -2.50. The van der Waals surface area contributed by atoms with Gasteiger partial charge in [0.05, 0.1) is 12.7 Å². The van der Waals surface area contributed by atoms with Gasteiger partial charge in [0.25, 0.3) is 0 Å². The topological polar surface area (TPSA) is 47.6 Å². The lowest BCUT2D eigenvalue weighted by atomic mass is 9.94. The molecule has 25 heavy (non-hydrogen) atoms. The molecular formula is C21H25NO3. The molecule has 0 saturated carbocycles. The standard InChI is InChI=1S/C21H25NO3/c1-21(22-15-7-10-16-8-4-3-5-9-16)14-13-17-18(20(23)24-2)11-6-12-19(17)25-21/h3-6,8-9,11-12,22H,7,10,13-15H2,1-2H3. The van der Waals surface area contributed by atoms with E-state index in [1.54, 1.807) is 6.07 Å². The second-order valence-corrected chi connectivity index (χ2v) is 6.62. The fourth-order valence-corrected chi connectivity index (χ4v) is 3.29. The Labute approximate surface area is 149 Å². The summed E-state index contributed by atoms with van der Waals surface area (Å²) < 4.78 is 11.1. The maximum absolute atomic E-state index is 11.9. The van der Waals surface area contributed by atoms with Crippen LogP contribution >= 0.6 is 0 Å². The van der Waals surface area contributed by atoms with E-state index in [1.165, 1.54) is 12.7 Å². The number of methoxy groups -OCH3 is 1. The number of rotatable bonds is 6. The number of hydrogen-bond acceptors (Lipinski definition) is 4. The van der Waals surface area contributed by atoms with E-state index in [0.29, 0.717) is 5.56 Å². The first-order chi connectivity index (χ1) is 12.1. The molecule has 3 rings (SSSR count). The predicted molar refractivity (Wildman–Crippen MR) is 97.9 cm³/mol.